The zero-order valence-corrected chi connectivity index (χ0v) is 11.5. The van der Waals surface area contributed by atoms with Crippen molar-refractivity contribution in [2.45, 2.75) is 32.6 Å². The Morgan fingerprint density at radius 3 is 1.88 bits per heavy atom. The molecule has 0 aromatic heterocycles. The lowest BCUT2D eigenvalue weighted by molar-refractivity contribution is -0.150. The fourth-order valence-corrected chi connectivity index (χ4v) is 2.08. The molecule has 0 saturated carbocycles. The largest absolute Gasteiger partial charge is 0.469 e. The Kier molecular flexibility index (Phi) is 8.86. The number of ether oxygens (including phenoxy) is 2. The van der Waals surface area contributed by atoms with Crippen LogP contribution in [-0.2, 0) is 19.1 Å². The first-order chi connectivity index (χ1) is 8.10. The highest BCUT2D eigenvalue weighted by atomic mass is 35.5. The molecule has 0 aliphatic carbocycles. The van der Waals surface area contributed by atoms with E-state index in [9.17, 15) is 9.59 Å². The summed E-state index contributed by atoms with van der Waals surface area (Å²) in [7, 11) is 2.70. The van der Waals surface area contributed by atoms with Gasteiger partial charge in [-0.3, -0.25) is 9.59 Å². The summed E-state index contributed by atoms with van der Waals surface area (Å²) >= 11 is 5.65. The molecule has 0 aliphatic heterocycles. The normalized spacial score (nSPS) is 13.9. The zero-order valence-electron chi connectivity index (χ0n) is 10.7. The maximum absolute atomic E-state index is 11.5. The van der Waals surface area contributed by atoms with E-state index in [2.05, 4.69) is 0 Å². The number of esters is 2. The molecule has 0 spiro atoms. The highest BCUT2D eigenvalue weighted by molar-refractivity contribution is 6.17. The molecule has 100 valence electrons. The number of halogens is 1. The Bertz CT molecular complexity index is 219. The van der Waals surface area contributed by atoms with Gasteiger partial charge in [-0.1, -0.05) is 13.3 Å². The third-order valence-electron chi connectivity index (χ3n) is 2.73. The van der Waals surface area contributed by atoms with Crippen LogP contribution in [0.2, 0.25) is 0 Å². The van der Waals surface area contributed by atoms with Crippen molar-refractivity contribution < 1.29 is 19.1 Å². The van der Waals surface area contributed by atoms with E-state index in [1.807, 2.05) is 6.92 Å². The highest BCUT2D eigenvalue weighted by Gasteiger charge is 2.27. The predicted molar refractivity (Wildman–Crippen MR) is 65.9 cm³/mol. The smallest absolute Gasteiger partial charge is 0.308 e. The van der Waals surface area contributed by atoms with E-state index in [0.29, 0.717) is 25.1 Å². The molecule has 0 rings (SSSR count). The van der Waals surface area contributed by atoms with Crippen LogP contribution in [0.25, 0.3) is 0 Å². The molecule has 2 unspecified atom stereocenters. The summed E-state index contributed by atoms with van der Waals surface area (Å²) in [6.45, 7) is 1.99. The molecule has 0 fully saturated rings. The summed E-state index contributed by atoms with van der Waals surface area (Å²) in [4.78, 5) is 23.1. The number of alkyl halides is 1. The Balaban J connectivity index is 4.54. The third-order valence-corrected chi connectivity index (χ3v) is 2.95. The van der Waals surface area contributed by atoms with Crippen molar-refractivity contribution in [3.63, 3.8) is 0 Å². The molecule has 0 aromatic carbocycles. The summed E-state index contributed by atoms with van der Waals surface area (Å²) in [5, 5.41) is 0. The van der Waals surface area contributed by atoms with Gasteiger partial charge in [-0.25, -0.2) is 0 Å². The van der Waals surface area contributed by atoms with Crippen molar-refractivity contribution in [1.82, 2.24) is 0 Å². The van der Waals surface area contributed by atoms with Gasteiger partial charge in [0.2, 0.25) is 0 Å². The first kappa shape index (κ1) is 16.2. The lowest BCUT2D eigenvalue weighted by atomic mass is 9.89. The standard InChI is InChI=1S/C12H21ClO4/c1-4-5-9(11(14)16-2)8-10(6-7-13)12(15)17-3/h9-10H,4-8H2,1-3H3. The Morgan fingerprint density at radius 1 is 1.06 bits per heavy atom. The molecule has 0 saturated heterocycles. The Labute approximate surface area is 108 Å². The van der Waals surface area contributed by atoms with E-state index in [0.717, 1.165) is 6.42 Å². The molecule has 17 heavy (non-hydrogen) atoms. The topological polar surface area (TPSA) is 52.6 Å². The zero-order chi connectivity index (χ0) is 13.3. The van der Waals surface area contributed by atoms with Crippen LogP contribution in [0, 0.1) is 11.8 Å². The average molecular weight is 265 g/mol. The number of hydrogen-bond donors (Lipinski definition) is 0. The lowest BCUT2D eigenvalue weighted by Crippen LogP contribution is -2.25. The number of hydrogen-bond acceptors (Lipinski definition) is 4. The second-order valence-electron chi connectivity index (χ2n) is 3.94. The van der Waals surface area contributed by atoms with Gasteiger partial charge in [-0.2, -0.15) is 0 Å². The lowest BCUT2D eigenvalue weighted by Gasteiger charge is -2.19. The SMILES string of the molecule is CCCC(CC(CCCl)C(=O)OC)C(=O)OC. The van der Waals surface area contributed by atoms with Crippen LogP contribution in [0.15, 0.2) is 0 Å². The van der Waals surface area contributed by atoms with Crippen molar-refractivity contribution in [3.8, 4) is 0 Å². The van der Waals surface area contributed by atoms with Crippen molar-refractivity contribution in [2.24, 2.45) is 11.8 Å². The number of carbonyl (C=O) groups excluding carboxylic acids is 2. The fraction of sp³-hybridized carbons (Fsp3) is 0.833. The molecule has 0 bridgehead atoms. The van der Waals surface area contributed by atoms with Crippen molar-refractivity contribution in [3.05, 3.63) is 0 Å². The summed E-state index contributed by atoms with van der Waals surface area (Å²) in [6, 6.07) is 0. The van der Waals surface area contributed by atoms with E-state index in [-0.39, 0.29) is 23.8 Å². The number of carbonyl (C=O) groups is 2. The van der Waals surface area contributed by atoms with Crippen molar-refractivity contribution in [1.29, 1.82) is 0 Å². The monoisotopic (exact) mass is 264 g/mol. The van der Waals surface area contributed by atoms with Crippen molar-refractivity contribution >= 4 is 23.5 Å². The van der Waals surface area contributed by atoms with Gasteiger partial charge < -0.3 is 9.47 Å². The van der Waals surface area contributed by atoms with E-state index in [4.69, 9.17) is 21.1 Å². The minimum Gasteiger partial charge on any atom is -0.469 e. The van der Waals surface area contributed by atoms with Crippen LogP contribution in [-0.4, -0.2) is 32.0 Å². The minimum atomic E-state index is -0.326. The quantitative estimate of drug-likeness (QED) is 0.499. The summed E-state index contributed by atoms with van der Waals surface area (Å²) in [5.74, 6) is -0.781. The van der Waals surface area contributed by atoms with E-state index in [1.165, 1.54) is 14.2 Å². The van der Waals surface area contributed by atoms with Gasteiger partial charge in [0.05, 0.1) is 26.1 Å². The van der Waals surface area contributed by atoms with Gasteiger partial charge in [-0.15, -0.1) is 11.6 Å². The van der Waals surface area contributed by atoms with Crippen LogP contribution < -0.4 is 0 Å². The van der Waals surface area contributed by atoms with E-state index in [1.54, 1.807) is 0 Å². The molecule has 0 aliphatic rings. The third kappa shape index (κ3) is 5.91. The predicted octanol–water partition coefficient (Wildman–Crippen LogP) is 2.38. The van der Waals surface area contributed by atoms with Crippen LogP contribution in [0.1, 0.15) is 32.6 Å². The van der Waals surface area contributed by atoms with Gasteiger partial charge in [0.15, 0.2) is 0 Å². The molecule has 0 aromatic rings. The van der Waals surface area contributed by atoms with Gasteiger partial charge in [-0.05, 0) is 19.3 Å². The average Bonchev–Trinajstić information content (AvgIpc) is 2.35. The first-order valence-corrected chi connectivity index (χ1v) is 6.35. The van der Waals surface area contributed by atoms with Gasteiger partial charge in [0, 0.05) is 5.88 Å². The van der Waals surface area contributed by atoms with Gasteiger partial charge in [0.25, 0.3) is 0 Å². The first-order valence-electron chi connectivity index (χ1n) is 5.82. The van der Waals surface area contributed by atoms with Gasteiger partial charge >= 0.3 is 11.9 Å². The van der Waals surface area contributed by atoms with Crippen LogP contribution in [0.3, 0.4) is 0 Å². The maximum atomic E-state index is 11.5. The Hall–Kier alpha value is -0.770. The van der Waals surface area contributed by atoms with Crippen LogP contribution >= 0.6 is 11.6 Å². The van der Waals surface area contributed by atoms with Crippen LogP contribution in [0.5, 0.6) is 0 Å². The summed E-state index contributed by atoms with van der Waals surface area (Å²) in [6.07, 6.45) is 2.54. The van der Waals surface area contributed by atoms with E-state index < -0.39 is 0 Å². The van der Waals surface area contributed by atoms with Crippen LogP contribution in [0.4, 0.5) is 0 Å². The summed E-state index contributed by atoms with van der Waals surface area (Å²) in [5.41, 5.74) is 0. The molecular formula is C12H21ClO4. The molecule has 0 amide bonds. The maximum Gasteiger partial charge on any atom is 0.308 e. The molecular weight excluding hydrogens is 244 g/mol. The number of rotatable bonds is 8. The highest BCUT2D eigenvalue weighted by Crippen LogP contribution is 2.22. The molecule has 0 N–H and O–H groups in total. The Morgan fingerprint density at radius 2 is 1.53 bits per heavy atom. The molecule has 0 heterocycles. The summed E-state index contributed by atoms with van der Waals surface area (Å²) < 4.78 is 9.44. The van der Waals surface area contributed by atoms with Crippen molar-refractivity contribution in [2.75, 3.05) is 20.1 Å². The van der Waals surface area contributed by atoms with Gasteiger partial charge in [0.1, 0.15) is 0 Å². The molecule has 0 radical (unpaired) electrons. The minimum absolute atomic E-state index is 0.252. The second-order valence-corrected chi connectivity index (χ2v) is 4.32. The second kappa shape index (κ2) is 9.28. The fourth-order valence-electron chi connectivity index (χ4n) is 1.82. The number of methoxy groups -OCH3 is 2. The molecule has 2 atom stereocenters. The molecule has 4 nitrogen and oxygen atoms in total. The van der Waals surface area contributed by atoms with E-state index >= 15 is 0 Å². The molecule has 5 heteroatoms.